The molecule has 2 aromatic carbocycles. The Morgan fingerprint density at radius 2 is 1.86 bits per heavy atom. The lowest BCUT2D eigenvalue weighted by Gasteiger charge is -2.23. The van der Waals surface area contributed by atoms with Gasteiger partial charge in [-0.3, -0.25) is 0 Å². The molecule has 0 aliphatic carbocycles. The average Bonchev–Trinajstić information content (AvgIpc) is 3.36. The van der Waals surface area contributed by atoms with Crippen molar-refractivity contribution in [2.45, 2.75) is 37.6 Å². The van der Waals surface area contributed by atoms with Gasteiger partial charge in [0, 0.05) is 12.6 Å². The van der Waals surface area contributed by atoms with Crippen LogP contribution in [-0.4, -0.2) is 37.5 Å². The Balaban J connectivity index is 1.69. The van der Waals surface area contributed by atoms with E-state index in [0.29, 0.717) is 31.3 Å². The van der Waals surface area contributed by atoms with E-state index in [-0.39, 0.29) is 10.9 Å². The third-order valence-electron chi connectivity index (χ3n) is 4.92. The maximum Gasteiger partial charge on any atom is 0.243 e. The number of fused-ring (bicyclic) bond motifs is 1. The third-order valence-corrected chi connectivity index (χ3v) is 7.96. The highest BCUT2D eigenvalue weighted by Gasteiger charge is 2.38. The first-order valence-corrected chi connectivity index (χ1v) is 12.1. The Morgan fingerprint density at radius 3 is 2.62 bits per heavy atom. The summed E-state index contributed by atoms with van der Waals surface area (Å²) in [5, 5.41) is 0.850. The van der Waals surface area contributed by atoms with Crippen molar-refractivity contribution in [2.75, 3.05) is 19.8 Å². The number of thiazole rings is 1. The SMILES string of the molecule is CCOc1ccc(S(=O)(=O)N2CCCC2c2nc3ccccc3s2)cc1OCC. The van der Waals surface area contributed by atoms with Gasteiger partial charge >= 0.3 is 0 Å². The van der Waals surface area contributed by atoms with Crippen molar-refractivity contribution < 1.29 is 17.9 Å². The number of para-hydroxylation sites is 1. The number of hydrogen-bond acceptors (Lipinski definition) is 6. The molecule has 0 saturated carbocycles. The smallest absolute Gasteiger partial charge is 0.243 e. The van der Waals surface area contributed by atoms with Crippen molar-refractivity contribution in [1.82, 2.24) is 9.29 Å². The first-order valence-electron chi connectivity index (χ1n) is 9.81. The fraction of sp³-hybridized carbons (Fsp3) is 0.381. The Labute approximate surface area is 175 Å². The predicted molar refractivity (Wildman–Crippen MR) is 114 cm³/mol. The van der Waals surface area contributed by atoms with Gasteiger partial charge in [-0.1, -0.05) is 12.1 Å². The summed E-state index contributed by atoms with van der Waals surface area (Å²) in [6, 6.07) is 12.5. The molecule has 0 N–H and O–H groups in total. The number of benzene rings is 2. The molecule has 2 heterocycles. The second-order valence-electron chi connectivity index (χ2n) is 6.77. The summed E-state index contributed by atoms with van der Waals surface area (Å²) in [6.07, 6.45) is 1.59. The molecule has 1 unspecified atom stereocenters. The molecular weight excluding hydrogens is 408 g/mol. The van der Waals surface area contributed by atoms with E-state index >= 15 is 0 Å². The predicted octanol–water partition coefficient (Wildman–Crippen LogP) is 4.62. The molecule has 0 bridgehead atoms. The molecule has 0 amide bonds. The summed E-state index contributed by atoms with van der Waals surface area (Å²) in [5.41, 5.74) is 0.913. The van der Waals surface area contributed by atoms with E-state index in [1.165, 1.54) is 0 Å². The number of aromatic nitrogens is 1. The van der Waals surface area contributed by atoms with Crippen LogP contribution in [0.3, 0.4) is 0 Å². The summed E-state index contributed by atoms with van der Waals surface area (Å²) in [5.74, 6) is 1.00. The standard InChI is InChI=1S/C21H24N2O4S2/c1-3-26-18-12-11-15(14-19(18)27-4-2)29(24,25)23-13-7-9-17(23)21-22-16-8-5-6-10-20(16)28-21/h5-6,8,10-12,14,17H,3-4,7,9,13H2,1-2H3. The second kappa shape index (κ2) is 8.30. The molecule has 0 radical (unpaired) electrons. The molecule has 4 rings (SSSR count). The molecule has 29 heavy (non-hydrogen) atoms. The number of ether oxygens (including phenoxy) is 2. The van der Waals surface area contributed by atoms with Crippen LogP contribution in [0.2, 0.25) is 0 Å². The minimum absolute atomic E-state index is 0.220. The largest absolute Gasteiger partial charge is 0.490 e. The van der Waals surface area contributed by atoms with Crippen LogP contribution < -0.4 is 9.47 Å². The van der Waals surface area contributed by atoms with Crippen LogP contribution in [0.1, 0.15) is 37.7 Å². The molecule has 6 nitrogen and oxygen atoms in total. The number of rotatable bonds is 7. The van der Waals surface area contributed by atoms with E-state index < -0.39 is 10.0 Å². The van der Waals surface area contributed by atoms with Gasteiger partial charge in [0.15, 0.2) is 11.5 Å². The van der Waals surface area contributed by atoms with Crippen LogP contribution in [0.25, 0.3) is 10.2 Å². The maximum absolute atomic E-state index is 13.5. The molecule has 1 saturated heterocycles. The van der Waals surface area contributed by atoms with Crippen molar-refractivity contribution in [1.29, 1.82) is 0 Å². The van der Waals surface area contributed by atoms with Gasteiger partial charge in [-0.05, 0) is 51.0 Å². The molecule has 3 aromatic rings. The van der Waals surface area contributed by atoms with Crippen molar-refractivity contribution in [2.24, 2.45) is 0 Å². The van der Waals surface area contributed by atoms with Crippen LogP contribution in [0.4, 0.5) is 0 Å². The summed E-state index contributed by atoms with van der Waals surface area (Å²) in [4.78, 5) is 4.93. The lowest BCUT2D eigenvalue weighted by Crippen LogP contribution is -2.30. The van der Waals surface area contributed by atoms with E-state index in [4.69, 9.17) is 14.5 Å². The Hall–Kier alpha value is -2.16. The third kappa shape index (κ3) is 3.84. The van der Waals surface area contributed by atoms with Crippen LogP contribution in [-0.2, 0) is 10.0 Å². The molecule has 154 valence electrons. The Kier molecular flexibility index (Phi) is 5.76. The van der Waals surface area contributed by atoms with Gasteiger partial charge in [0.2, 0.25) is 10.0 Å². The first-order chi connectivity index (χ1) is 14.0. The van der Waals surface area contributed by atoms with Crippen LogP contribution >= 0.6 is 11.3 Å². The lowest BCUT2D eigenvalue weighted by molar-refractivity contribution is 0.287. The van der Waals surface area contributed by atoms with Gasteiger partial charge in [0.1, 0.15) is 5.01 Å². The number of sulfonamides is 1. The van der Waals surface area contributed by atoms with Gasteiger partial charge in [0.05, 0.1) is 34.4 Å². The summed E-state index contributed by atoms with van der Waals surface area (Å²) >= 11 is 1.57. The molecule has 1 aliphatic rings. The Morgan fingerprint density at radius 1 is 1.10 bits per heavy atom. The van der Waals surface area contributed by atoms with Crippen molar-refractivity contribution in [3.05, 3.63) is 47.5 Å². The van der Waals surface area contributed by atoms with E-state index in [9.17, 15) is 8.42 Å². The van der Waals surface area contributed by atoms with Crippen LogP contribution in [0.5, 0.6) is 11.5 Å². The molecule has 1 atom stereocenters. The minimum atomic E-state index is -3.68. The van der Waals surface area contributed by atoms with E-state index in [0.717, 1.165) is 28.1 Å². The van der Waals surface area contributed by atoms with Gasteiger partial charge in [-0.15, -0.1) is 11.3 Å². The highest BCUT2D eigenvalue weighted by molar-refractivity contribution is 7.89. The van der Waals surface area contributed by atoms with Crippen molar-refractivity contribution >= 4 is 31.6 Å². The fourth-order valence-corrected chi connectivity index (χ4v) is 6.49. The normalized spacial score (nSPS) is 17.7. The molecule has 1 aliphatic heterocycles. The second-order valence-corrected chi connectivity index (χ2v) is 9.72. The molecule has 1 aromatic heterocycles. The van der Waals surface area contributed by atoms with E-state index in [1.807, 2.05) is 38.1 Å². The van der Waals surface area contributed by atoms with Gasteiger partial charge < -0.3 is 9.47 Å². The molecular formula is C21H24N2O4S2. The highest BCUT2D eigenvalue weighted by atomic mass is 32.2. The quantitative estimate of drug-likeness (QED) is 0.545. The average molecular weight is 433 g/mol. The van der Waals surface area contributed by atoms with Crippen LogP contribution in [0.15, 0.2) is 47.4 Å². The van der Waals surface area contributed by atoms with E-state index in [2.05, 4.69) is 0 Å². The zero-order valence-corrected chi connectivity index (χ0v) is 18.1. The van der Waals surface area contributed by atoms with E-state index in [1.54, 1.807) is 33.8 Å². The lowest BCUT2D eigenvalue weighted by atomic mass is 10.2. The van der Waals surface area contributed by atoms with Crippen molar-refractivity contribution in [3.63, 3.8) is 0 Å². The number of nitrogens with zero attached hydrogens (tertiary/aromatic N) is 2. The van der Waals surface area contributed by atoms with Crippen molar-refractivity contribution in [3.8, 4) is 11.5 Å². The number of hydrogen-bond donors (Lipinski definition) is 0. The zero-order chi connectivity index (χ0) is 20.4. The minimum Gasteiger partial charge on any atom is -0.490 e. The van der Waals surface area contributed by atoms with Gasteiger partial charge in [-0.25, -0.2) is 13.4 Å². The zero-order valence-electron chi connectivity index (χ0n) is 16.5. The summed E-state index contributed by atoms with van der Waals surface area (Å²) in [7, 11) is -3.68. The highest BCUT2D eigenvalue weighted by Crippen LogP contribution is 2.40. The molecule has 0 spiro atoms. The monoisotopic (exact) mass is 432 g/mol. The van der Waals surface area contributed by atoms with Gasteiger partial charge in [-0.2, -0.15) is 4.31 Å². The topological polar surface area (TPSA) is 68.7 Å². The molecule has 1 fully saturated rings. The first kappa shape index (κ1) is 20.1. The van der Waals surface area contributed by atoms with Gasteiger partial charge in [0.25, 0.3) is 0 Å². The maximum atomic E-state index is 13.5. The Bertz CT molecular complexity index is 1080. The summed E-state index contributed by atoms with van der Waals surface area (Å²) < 4.78 is 40.8. The van der Waals surface area contributed by atoms with Crippen LogP contribution in [0, 0.1) is 0 Å². The molecule has 8 heteroatoms. The fourth-order valence-electron chi connectivity index (χ4n) is 3.63. The summed E-state index contributed by atoms with van der Waals surface area (Å²) in [6.45, 7) is 5.15.